The summed E-state index contributed by atoms with van der Waals surface area (Å²) in [6.07, 6.45) is 2.44. The van der Waals surface area contributed by atoms with Crippen molar-refractivity contribution in [3.05, 3.63) is 17.5 Å². The van der Waals surface area contributed by atoms with E-state index in [0.717, 1.165) is 5.69 Å². The van der Waals surface area contributed by atoms with Crippen molar-refractivity contribution < 1.29 is 9.90 Å². The molecule has 13 heavy (non-hydrogen) atoms. The maximum Gasteiger partial charge on any atom is 0.356 e. The van der Waals surface area contributed by atoms with Gasteiger partial charge in [-0.2, -0.15) is 5.10 Å². The Morgan fingerprint density at radius 1 is 1.77 bits per heavy atom. The summed E-state index contributed by atoms with van der Waals surface area (Å²) in [5.41, 5.74) is 0.900. The zero-order chi connectivity index (χ0) is 9.26. The molecule has 0 spiro atoms. The Balaban J connectivity index is 1.92. The lowest BCUT2D eigenvalue weighted by atomic mass is 10.3. The van der Waals surface area contributed by atoms with Gasteiger partial charge in [0.1, 0.15) is 0 Å². The zero-order valence-electron chi connectivity index (χ0n) is 7.08. The second-order valence-electron chi connectivity index (χ2n) is 3.24. The van der Waals surface area contributed by atoms with E-state index in [2.05, 4.69) is 15.5 Å². The molecule has 5 nitrogen and oxygen atoms in total. The molecule has 1 fully saturated rings. The summed E-state index contributed by atoms with van der Waals surface area (Å²) in [5, 5.41) is 18.2. The maximum atomic E-state index is 10.5. The molecule has 0 aliphatic heterocycles. The number of nitrogens with zero attached hydrogens (tertiary/aromatic N) is 1. The van der Waals surface area contributed by atoms with Crippen molar-refractivity contribution in [3.8, 4) is 0 Å². The highest BCUT2D eigenvalue weighted by Gasteiger charge is 2.20. The molecule has 0 amide bonds. The van der Waals surface area contributed by atoms with Crippen LogP contribution >= 0.6 is 0 Å². The topological polar surface area (TPSA) is 78.0 Å². The van der Waals surface area contributed by atoms with Crippen LogP contribution in [0, 0.1) is 0 Å². The van der Waals surface area contributed by atoms with Gasteiger partial charge in [0.2, 0.25) is 0 Å². The zero-order valence-corrected chi connectivity index (χ0v) is 7.08. The molecule has 0 unspecified atom stereocenters. The van der Waals surface area contributed by atoms with E-state index in [-0.39, 0.29) is 5.69 Å². The SMILES string of the molecule is O=C(O)c1cc(CNC2CC2)[nH]n1. The summed E-state index contributed by atoms with van der Waals surface area (Å²) in [6, 6.07) is 2.18. The van der Waals surface area contributed by atoms with Crippen molar-refractivity contribution in [1.82, 2.24) is 15.5 Å². The van der Waals surface area contributed by atoms with E-state index in [0.29, 0.717) is 12.6 Å². The highest BCUT2D eigenvalue weighted by molar-refractivity contribution is 5.85. The molecular formula is C8H11N3O2. The Bertz CT molecular complexity index is 317. The fraction of sp³-hybridized carbons (Fsp3) is 0.500. The molecule has 0 aromatic carbocycles. The normalized spacial score (nSPS) is 16.0. The molecule has 0 radical (unpaired) electrons. The van der Waals surface area contributed by atoms with Gasteiger partial charge in [0.15, 0.2) is 5.69 Å². The molecule has 3 N–H and O–H groups in total. The van der Waals surface area contributed by atoms with E-state index in [1.54, 1.807) is 6.07 Å². The third-order valence-electron chi connectivity index (χ3n) is 2.01. The number of aromatic amines is 1. The van der Waals surface area contributed by atoms with E-state index in [9.17, 15) is 4.79 Å². The fourth-order valence-corrected chi connectivity index (χ4v) is 1.10. The summed E-state index contributed by atoms with van der Waals surface area (Å²) in [5.74, 6) is -0.992. The van der Waals surface area contributed by atoms with E-state index in [1.807, 2.05) is 0 Å². The average molecular weight is 181 g/mol. The molecular weight excluding hydrogens is 170 g/mol. The van der Waals surface area contributed by atoms with Crippen LogP contribution in [-0.4, -0.2) is 27.3 Å². The predicted molar refractivity (Wildman–Crippen MR) is 45.4 cm³/mol. The van der Waals surface area contributed by atoms with Gasteiger partial charge in [0.05, 0.1) is 0 Å². The fourth-order valence-electron chi connectivity index (χ4n) is 1.10. The standard InChI is InChI=1S/C8H11N3O2/c12-8(13)7-3-6(10-11-7)4-9-5-1-2-5/h3,5,9H,1-2,4H2,(H,10,11)(H,12,13). The molecule has 1 aliphatic rings. The van der Waals surface area contributed by atoms with Gasteiger partial charge in [-0.1, -0.05) is 0 Å². The number of H-pyrrole nitrogens is 1. The molecule has 1 aromatic rings. The van der Waals surface area contributed by atoms with Gasteiger partial charge in [0, 0.05) is 18.3 Å². The lowest BCUT2D eigenvalue weighted by Crippen LogP contribution is -2.15. The van der Waals surface area contributed by atoms with Crippen molar-refractivity contribution in [2.24, 2.45) is 0 Å². The van der Waals surface area contributed by atoms with Crippen LogP contribution in [0.4, 0.5) is 0 Å². The first-order valence-electron chi connectivity index (χ1n) is 4.26. The van der Waals surface area contributed by atoms with E-state index >= 15 is 0 Å². The Kier molecular flexibility index (Phi) is 2.02. The van der Waals surface area contributed by atoms with Crippen LogP contribution in [0.3, 0.4) is 0 Å². The summed E-state index contributed by atoms with van der Waals surface area (Å²) < 4.78 is 0. The third kappa shape index (κ3) is 2.06. The summed E-state index contributed by atoms with van der Waals surface area (Å²) in [7, 11) is 0. The molecule has 1 aromatic heterocycles. The lowest BCUT2D eigenvalue weighted by molar-refractivity contribution is 0.0690. The van der Waals surface area contributed by atoms with Crippen LogP contribution in [-0.2, 0) is 6.54 Å². The molecule has 1 saturated carbocycles. The summed E-state index contributed by atoms with van der Waals surface area (Å²) in [6.45, 7) is 0.672. The minimum Gasteiger partial charge on any atom is -0.476 e. The quantitative estimate of drug-likeness (QED) is 0.626. The van der Waals surface area contributed by atoms with Crippen molar-refractivity contribution in [2.45, 2.75) is 25.4 Å². The van der Waals surface area contributed by atoms with Gasteiger partial charge in [-0.15, -0.1) is 0 Å². The number of aromatic carboxylic acids is 1. The summed E-state index contributed by atoms with van der Waals surface area (Å²) in [4.78, 5) is 10.5. The van der Waals surface area contributed by atoms with E-state index in [4.69, 9.17) is 5.11 Å². The Morgan fingerprint density at radius 2 is 2.54 bits per heavy atom. The number of carbonyl (C=O) groups is 1. The van der Waals surface area contributed by atoms with E-state index in [1.165, 1.54) is 12.8 Å². The Hall–Kier alpha value is -1.36. The van der Waals surface area contributed by atoms with Crippen LogP contribution < -0.4 is 5.32 Å². The number of aromatic nitrogens is 2. The molecule has 1 aliphatic carbocycles. The highest BCUT2D eigenvalue weighted by atomic mass is 16.4. The highest BCUT2D eigenvalue weighted by Crippen LogP contribution is 2.18. The van der Waals surface area contributed by atoms with Gasteiger partial charge in [-0.3, -0.25) is 5.10 Å². The second-order valence-corrected chi connectivity index (χ2v) is 3.24. The number of carboxylic acid groups (broad SMARTS) is 1. The number of rotatable bonds is 4. The minimum atomic E-state index is -0.992. The van der Waals surface area contributed by atoms with Gasteiger partial charge >= 0.3 is 5.97 Å². The third-order valence-corrected chi connectivity index (χ3v) is 2.01. The molecule has 2 rings (SSSR count). The van der Waals surface area contributed by atoms with Crippen LogP contribution in [0.15, 0.2) is 6.07 Å². The van der Waals surface area contributed by atoms with Crippen LogP contribution in [0.5, 0.6) is 0 Å². The first-order chi connectivity index (χ1) is 6.25. The molecule has 1 heterocycles. The van der Waals surface area contributed by atoms with Crippen molar-refractivity contribution in [2.75, 3.05) is 0 Å². The number of carboxylic acids is 1. The van der Waals surface area contributed by atoms with Crippen LogP contribution in [0.2, 0.25) is 0 Å². The molecule has 5 heteroatoms. The summed E-state index contributed by atoms with van der Waals surface area (Å²) >= 11 is 0. The molecule has 0 atom stereocenters. The van der Waals surface area contributed by atoms with Gasteiger partial charge in [-0.25, -0.2) is 4.79 Å². The predicted octanol–water partition coefficient (Wildman–Crippen LogP) is 0.360. The molecule has 0 bridgehead atoms. The molecule has 0 saturated heterocycles. The number of hydrogen-bond donors (Lipinski definition) is 3. The van der Waals surface area contributed by atoms with Crippen molar-refractivity contribution >= 4 is 5.97 Å². The van der Waals surface area contributed by atoms with Crippen molar-refractivity contribution in [1.29, 1.82) is 0 Å². The van der Waals surface area contributed by atoms with E-state index < -0.39 is 5.97 Å². The monoisotopic (exact) mass is 181 g/mol. The Morgan fingerprint density at radius 3 is 3.08 bits per heavy atom. The number of nitrogens with one attached hydrogen (secondary N) is 2. The smallest absolute Gasteiger partial charge is 0.356 e. The van der Waals surface area contributed by atoms with Gasteiger partial charge in [0.25, 0.3) is 0 Å². The van der Waals surface area contributed by atoms with Crippen molar-refractivity contribution in [3.63, 3.8) is 0 Å². The number of hydrogen-bond acceptors (Lipinski definition) is 3. The second kappa shape index (κ2) is 3.18. The Labute approximate surface area is 75.2 Å². The first kappa shape index (κ1) is 8.25. The average Bonchev–Trinajstić information content (AvgIpc) is 2.79. The largest absolute Gasteiger partial charge is 0.476 e. The van der Waals surface area contributed by atoms with Gasteiger partial charge < -0.3 is 10.4 Å². The van der Waals surface area contributed by atoms with Crippen LogP contribution in [0.25, 0.3) is 0 Å². The first-order valence-corrected chi connectivity index (χ1v) is 4.26. The maximum absolute atomic E-state index is 10.5. The van der Waals surface area contributed by atoms with Crippen LogP contribution in [0.1, 0.15) is 29.0 Å². The van der Waals surface area contributed by atoms with Gasteiger partial charge in [-0.05, 0) is 18.9 Å². The lowest BCUT2D eigenvalue weighted by Gasteiger charge is -1.97. The minimum absolute atomic E-state index is 0.0765. The molecule has 70 valence electrons.